The molecule has 0 spiro atoms. The number of aromatic nitrogens is 1. The van der Waals surface area contributed by atoms with Gasteiger partial charge in [-0.1, -0.05) is 25.2 Å². The first kappa shape index (κ1) is 13.8. The van der Waals surface area contributed by atoms with E-state index in [4.69, 9.17) is 4.74 Å². The first-order valence-electron chi connectivity index (χ1n) is 6.13. The molecule has 0 aliphatic heterocycles. The molecule has 2 rings (SSSR count). The molecule has 0 atom stereocenters. The lowest BCUT2D eigenvalue weighted by atomic mass is 10.2. The Kier molecular flexibility index (Phi) is 4.37. The predicted octanol–water partition coefficient (Wildman–Crippen LogP) is 4.03. The first-order chi connectivity index (χ1) is 9.10. The molecule has 2 aromatic rings. The van der Waals surface area contributed by atoms with E-state index in [1.54, 1.807) is 12.3 Å². The second-order valence-electron chi connectivity index (χ2n) is 4.65. The van der Waals surface area contributed by atoms with E-state index in [0.29, 0.717) is 5.92 Å². The molecule has 1 N–H and O–H groups in total. The number of thiazole rings is 1. The molecule has 0 saturated carbocycles. The molecule has 0 saturated heterocycles. The van der Waals surface area contributed by atoms with Crippen LogP contribution in [0.2, 0.25) is 0 Å². The standard InChI is InChI=1S/C14H17FN2OS/c1-9(2)7-16-14-17-8-13(19-14)10-4-5-12(18-3)11(15)6-10/h4-6,8-9H,7H2,1-3H3,(H,16,17). The summed E-state index contributed by atoms with van der Waals surface area (Å²) in [5.74, 6) is 0.460. The lowest BCUT2D eigenvalue weighted by Crippen LogP contribution is -2.07. The van der Waals surface area contributed by atoms with E-state index < -0.39 is 0 Å². The van der Waals surface area contributed by atoms with Crippen LogP contribution in [0.1, 0.15) is 13.8 Å². The molecule has 0 aliphatic rings. The number of ether oxygens (including phenoxy) is 1. The van der Waals surface area contributed by atoms with Gasteiger partial charge in [-0.25, -0.2) is 9.37 Å². The van der Waals surface area contributed by atoms with Gasteiger partial charge in [-0.05, 0) is 29.7 Å². The lowest BCUT2D eigenvalue weighted by Gasteiger charge is -2.04. The minimum atomic E-state index is -0.356. The number of benzene rings is 1. The van der Waals surface area contributed by atoms with Gasteiger partial charge in [0, 0.05) is 12.7 Å². The minimum Gasteiger partial charge on any atom is -0.494 e. The van der Waals surface area contributed by atoms with E-state index in [0.717, 1.165) is 22.1 Å². The normalized spacial score (nSPS) is 10.8. The highest BCUT2D eigenvalue weighted by molar-refractivity contribution is 7.18. The zero-order chi connectivity index (χ0) is 13.8. The van der Waals surface area contributed by atoms with Crippen molar-refractivity contribution < 1.29 is 9.13 Å². The molecule has 0 unspecified atom stereocenters. The monoisotopic (exact) mass is 280 g/mol. The summed E-state index contributed by atoms with van der Waals surface area (Å²) in [6.07, 6.45) is 1.76. The molecule has 0 radical (unpaired) electrons. The second-order valence-corrected chi connectivity index (χ2v) is 5.68. The van der Waals surface area contributed by atoms with Crippen molar-refractivity contribution in [3.8, 4) is 16.2 Å². The Morgan fingerprint density at radius 3 is 2.84 bits per heavy atom. The van der Waals surface area contributed by atoms with Crippen molar-refractivity contribution in [1.29, 1.82) is 0 Å². The van der Waals surface area contributed by atoms with Crippen LogP contribution >= 0.6 is 11.3 Å². The second kappa shape index (κ2) is 6.02. The number of nitrogens with one attached hydrogen (secondary N) is 1. The van der Waals surface area contributed by atoms with E-state index in [2.05, 4.69) is 24.1 Å². The zero-order valence-corrected chi connectivity index (χ0v) is 12.1. The summed E-state index contributed by atoms with van der Waals surface area (Å²) in [5.41, 5.74) is 0.813. The molecule has 5 heteroatoms. The summed E-state index contributed by atoms with van der Waals surface area (Å²) in [5, 5.41) is 4.12. The Labute approximate surface area is 116 Å². The largest absolute Gasteiger partial charge is 0.494 e. The average molecular weight is 280 g/mol. The number of halogens is 1. The highest BCUT2D eigenvalue weighted by Gasteiger charge is 2.08. The van der Waals surface area contributed by atoms with Crippen LogP contribution in [0.5, 0.6) is 5.75 Å². The van der Waals surface area contributed by atoms with Crippen LogP contribution in [-0.2, 0) is 0 Å². The Bertz CT molecular complexity index is 554. The number of methoxy groups -OCH3 is 1. The van der Waals surface area contributed by atoms with Crippen molar-refractivity contribution in [2.24, 2.45) is 5.92 Å². The van der Waals surface area contributed by atoms with Gasteiger partial charge in [-0.3, -0.25) is 0 Å². The van der Waals surface area contributed by atoms with E-state index >= 15 is 0 Å². The number of hydrogen-bond donors (Lipinski definition) is 1. The molecule has 19 heavy (non-hydrogen) atoms. The minimum absolute atomic E-state index is 0.256. The molecular weight excluding hydrogens is 263 g/mol. The van der Waals surface area contributed by atoms with Crippen molar-refractivity contribution in [2.75, 3.05) is 19.0 Å². The number of nitrogens with zero attached hydrogens (tertiary/aromatic N) is 1. The maximum Gasteiger partial charge on any atom is 0.183 e. The van der Waals surface area contributed by atoms with Crippen LogP contribution < -0.4 is 10.1 Å². The van der Waals surface area contributed by atoms with E-state index in [1.807, 2.05) is 6.07 Å². The van der Waals surface area contributed by atoms with Gasteiger partial charge in [0.25, 0.3) is 0 Å². The fourth-order valence-corrected chi connectivity index (χ4v) is 2.42. The van der Waals surface area contributed by atoms with Crippen molar-refractivity contribution >= 4 is 16.5 Å². The molecular formula is C14H17FN2OS. The third kappa shape index (κ3) is 3.44. The van der Waals surface area contributed by atoms with Crippen molar-refractivity contribution in [3.05, 3.63) is 30.2 Å². The molecule has 1 aromatic heterocycles. The lowest BCUT2D eigenvalue weighted by molar-refractivity contribution is 0.386. The molecule has 0 aliphatic carbocycles. The van der Waals surface area contributed by atoms with Gasteiger partial charge in [0.1, 0.15) is 0 Å². The highest BCUT2D eigenvalue weighted by atomic mass is 32.1. The van der Waals surface area contributed by atoms with E-state index in [1.165, 1.54) is 24.5 Å². The Balaban J connectivity index is 2.16. The van der Waals surface area contributed by atoms with Gasteiger partial charge in [-0.2, -0.15) is 0 Å². The van der Waals surface area contributed by atoms with Gasteiger partial charge in [0.05, 0.1) is 12.0 Å². The topological polar surface area (TPSA) is 34.1 Å². The summed E-state index contributed by atoms with van der Waals surface area (Å²) in [7, 11) is 1.46. The van der Waals surface area contributed by atoms with E-state index in [9.17, 15) is 4.39 Å². The first-order valence-corrected chi connectivity index (χ1v) is 6.95. The third-order valence-corrected chi connectivity index (χ3v) is 3.61. The fraction of sp³-hybridized carbons (Fsp3) is 0.357. The molecule has 0 bridgehead atoms. The summed E-state index contributed by atoms with van der Waals surface area (Å²) in [6.45, 7) is 5.16. The predicted molar refractivity (Wildman–Crippen MR) is 77.4 cm³/mol. The Morgan fingerprint density at radius 2 is 2.21 bits per heavy atom. The quantitative estimate of drug-likeness (QED) is 0.898. The molecule has 1 heterocycles. The van der Waals surface area contributed by atoms with Gasteiger partial charge < -0.3 is 10.1 Å². The van der Waals surface area contributed by atoms with E-state index in [-0.39, 0.29) is 11.6 Å². The van der Waals surface area contributed by atoms with Gasteiger partial charge in [0.15, 0.2) is 16.7 Å². The molecule has 102 valence electrons. The summed E-state index contributed by atoms with van der Waals surface area (Å²) in [6, 6.07) is 4.94. The summed E-state index contributed by atoms with van der Waals surface area (Å²) < 4.78 is 18.5. The van der Waals surface area contributed by atoms with Crippen LogP contribution in [0.4, 0.5) is 9.52 Å². The smallest absolute Gasteiger partial charge is 0.183 e. The highest BCUT2D eigenvalue weighted by Crippen LogP contribution is 2.31. The van der Waals surface area contributed by atoms with Crippen LogP contribution in [0.3, 0.4) is 0 Å². The van der Waals surface area contributed by atoms with Gasteiger partial charge in [-0.15, -0.1) is 0 Å². The fourth-order valence-electron chi connectivity index (χ4n) is 1.60. The van der Waals surface area contributed by atoms with Crippen LogP contribution in [0.25, 0.3) is 10.4 Å². The van der Waals surface area contributed by atoms with Crippen LogP contribution in [0, 0.1) is 11.7 Å². The number of anilines is 1. The van der Waals surface area contributed by atoms with Gasteiger partial charge in [0.2, 0.25) is 0 Å². The zero-order valence-electron chi connectivity index (χ0n) is 11.2. The summed E-state index contributed by atoms with van der Waals surface area (Å²) in [4.78, 5) is 5.23. The Morgan fingerprint density at radius 1 is 1.42 bits per heavy atom. The maximum absolute atomic E-state index is 13.6. The van der Waals surface area contributed by atoms with Crippen molar-refractivity contribution in [1.82, 2.24) is 4.98 Å². The third-order valence-electron chi connectivity index (χ3n) is 2.60. The molecule has 0 amide bonds. The SMILES string of the molecule is COc1ccc(-c2cnc(NCC(C)C)s2)cc1F. The van der Waals surface area contributed by atoms with Crippen LogP contribution in [0.15, 0.2) is 24.4 Å². The Hall–Kier alpha value is -1.62. The van der Waals surface area contributed by atoms with Crippen molar-refractivity contribution in [3.63, 3.8) is 0 Å². The maximum atomic E-state index is 13.6. The molecule has 1 aromatic carbocycles. The molecule has 0 fully saturated rings. The number of hydrogen-bond acceptors (Lipinski definition) is 4. The average Bonchev–Trinajstić information content (AvgIpc) is 2.85. The molecule has 3 nitrogen and oxygen atoms in total. The van der Waals surface area contributed by atoms with Gasteiger partial charge >= 0.3 is 0 Å². The number of rotatable bonds is 5. The summed E-state index contributed by atoms with van der Waals surface area (Å²) >= 11 is 1.52. The van der Waals surface area contributed by atoms with Crippen molar-refractivity contribution in [2.45, 2.75) is 13.8 Å². The van der Waals surface area contributed by atoms with Crippen LogP contribution in [-0.4, -0.2) is 18.6 Å².